The van der Waals surface area contributed by atoms with Crippen molar-refractivity contribution in [2.45, 2.75) is 32.4 Å². The topological polar surface area (TPSA) is 60.9 Å². The molecule has 0 amide bonds. The summed E-state index contributed by atoms with van der Waals surface area (Å²) in [4.78, 5) is 17.6. The van der Waals surface area contributed by atoms with Crippen LogP contribution in [0.5, 0.6) is 0 Å². The van der Waals surface area contributed by atoms with Gasteiger partial charge in [0.2, 0.25) is 0 Å². The summed E-state index contributed by atoms with van der Waals surface area (Å²) < 4.78 is 1.58. The summed E-state index contributed by atoms with van der Waals surface area (Å²) in [5, 5.41) is 1.07. The Balaban J connectivity index is 2.19. The molecule has 4 nitrogen and oxygen atoms in total. The number of fused-ring (bicyclic) bond motifs is 1. The number of benzene rings is 1. The average Bonchev–Trinajstić information content (AvgIpc) is 2.51. The second-order valence-corrected chi connectivity index (χ2v) is 6.47. The van der Waals surface area contributed by atoms with Crippen molar-refractivity contribution in [1.29, 1.82) is 0 Å². The highest BCUT2D eigenvalue weighted by atomic mass is 35.5. The Kier molecular flexibility index (Phi) is 4.57. The minimum absolute atomic E-state index is 0.164. The molecule has 0 aliphatic heterocycles. The maximum Gasteiger partial charge on any atom is 0.262 e. The molecular weight excluding hydrogens is 333 g/mol. The van der Waals surface area contributed by atoms with E-state index in [-0.39, 0.29) is 11.6 Å². The fraction of sp³-hybridized carbons (Fsp3) is 0.294. The van der Waals surface area contributed by atoms with Crippen LogP contribution in [0, 0.1) is 0 Å². The zero-order chi connectivity index (χ0) is 16.6. The number of aryl methyl sites for hydroxylation is 1. The molecule has 1 aliphatic rings. The summed E-state index contributed by atoms with van der Waals surface area (Å²) in [6, 6.07) is 7.06. The SMILES string of the molecule is C[C@H](N)c1nc2c(c(=O)n1Cc1ccccc1Cl)C(Cl)=CCC2. The Morgan fingerprint density at radius 3 is 2.78 bits per heavy atom. The van der Waals surface area contributed by atoms with Crippen molar-refractivity contribution in [3.63, 3.8) is 0 Å². The highest BCUT2D eigenvalue weighted by Gasteiger charge is 2.22. The molecule has 23 heavy (non-hydrogen) atoms. The van der Waals surface area contributed by atoms with Crippen LogP contribution in [0.1, 0.15) is 42.0 Å². The van der Waals surface area contributed by atoms with Gasteiger partial charge in [-0.15, -0.1) is 0 Å². The summed E-state index contributed by atoms with van der Waals surface area (Å²) in [6.45, 7) is 2.14. The summed E-state index contributed by atoms with van der Waals surface area (Å²) in [5.74, 6) is 0.556. The second kappa shape index (κ2) is 6.48. The highest BCUT2D eigenvalue weighted by molar-refractivity contribution is 6.48. The van der Waals surface area contributed by atoms with E-state index in [9.17, 15) is 4.79 Å². The van der Waals surface area contributed by atoms with Crippen LogP contribution >= 0.6 is 23.2 Å². The lowest BCUT2D eigenvalue weighted by molar-refractivity contribution is 0.599. The van der Waals surface area contributed by atoms with Crippen molar-refractivity contribution < 1.29 is 0 Å². The van der Waals surface area contributed by atoms with Crippen LogP contribution in [-0.4, -0.2) is 9.55 Å². The molecule has 2 aromatic rings. The number of hydrogen-bond acceptors (Lipinski definition) is 3. The zero-order valence-corrected chi connectivity index (χ0v) is 14.2. The summed E-state index contributed by atoms with van der Waals surface area (Å²) in [6.07, 6.45) is 3.34. The van der Waals surface area contributed by atoms with Crippen LogP contribution in [0.15, 0.2) is 35.1 Å². The number of allylic oxidation sites excluding steroid dienone is 1. The molecule has 0 fully saturated rings. The summed E-state index contributed by atoms with van der Waals surface area (Å²) in [5.41, 5.74) is 7.93. The lowest BCUT2D eigenvalue weighted by atomic mass is 10.0. The molecule has 1 heterocycles. The van der Waals surface area contributed by atoms with Crippen LogP contribution < -0.4 is 11.3 Å². The third-order valence-electron chi connectivity index (χ3n) is 3.91. The van der Waals surface area contributed by atoms with E-state index in [0.29, 0.717) is 34.4 Å². The highest BCUT2D eigenvalue weighted by Crippen LogP contribution is 2.26. The minimum Gasteiger partial charge on any atom is -0.322 e. The van der Waals surface area contributed by atoms with Gasteiger partial charge in [0.15, 0.2) is 0 Å². The lowest BCUT2D eigenvalue weighted by Gasteiger charge is -2.20. The first kappa shape index (κ1) is 16.2. The van der Waals surface area contributed by atoms with Crippen molar-refractivity contribution in [3.8, 4) is 0 Å². The fourth-order valence-corrected chi connectivity index (χ4v) is 3.27. The van der Waals surface area contributed by atoms with Gasteiger partial charge in [0.1, 0.15) is 5.82 Å². The van der Waals surface area contributed by atoms with Crippen LogP contribution in [0.25, 0.3) is 5.03 Å². The van der Waals surface area contributed by atoms with Crippen LogP contribution in [-0.2, 0) is 13.0 Å². The molecule has 0 radical (unpaired) electrons. The van der Waals surface area contributed by atoms with E-state index < -0.39 is 0 Å². The largest absolute Gasteiger partial charge is 0.322 e. The number of aromatic nitrogens is 2. The molecule has 1 aromatic carbocycles. The van der Waals surface area contributed by atoms with Crippen LogP contribution in [0.3, 0.4) is 0 Å². The van der Waals surface area contributed by atoms with E-state index in [1.165, 1.54) is 0 Å². The van der Waals surface area contributed by atoms with Gasteiger partial charge < -0.3 is 5.73 Å². The van der Waals surface area contributed by atoms with Crippen LogP contribution in [0.2, 0.25) is 5.02 Å². The monoisotopic (exact) mass is 349 g/mol. The third kappa shape index (κ3) is 3.07. The Morgan fingerprint density at radius 1 is 1.35 bits per heavy atom. The first-order valence-corrected chi connectivity index (χ1v) is 8.23. The van der Waals surface area contributed by atoms with E-state index in [0.717, 1.165) is 17.7 Å². The number of nitrogens with two attached hydrogens (primary N) is 1. The smallest absolute Gasteiger partial charge is 0.262 e. The molecule has 0 saturated heterocycles. The van der Waals surface area contributed by atoms with E-state index in [4.69, 9.17) is 28.9 Å². The predicted molar refractivity (Wildman–Crippen MR) is 93.8 cm³/mol. The van der Waals surface area contributed by atoms with Gasteiger partial charge in [0.25, 0.3) is 5.56 Å². The molecule has 0 spiro atoms. The third-order valence-corrected chi connectivity index (χ3v) is 4.62. The molecule has 120 valence electrons. The summed E-state index contributed by atoms with van der Waals surface area (Å²) >= 11 is 12.5. The van der Waals surface area contributed by atoms with E-state index in [1.54, 1.807) is 10.6 Å². The Hall–Kier alpha value is -1.62. The van der Waals surface area contributed by atoms with Gasteiger partial charge in [-0.1, -0.05) is 47.5 Å². The molecule has 1 atom stereocenters. The predicted octanol–water partition coefficient (Wildman–Crippen LogP) is 3.49. The Bertz CT molecular complexity index is 840. The molecular formula is C17H17Cl2N3O. The molecule has 3 rings (SSSR count). The van der Waals surface area contributed by atoms with E-state index in [1.807, 2.05) is 31.2 Å². The van der Waals surface area contributed by atoms with Crippen molar-refractivity contribution in [2.24, 2.45) is 5.73 Å². The molecule has 0 unspecified atom stereocenters. The van der Waals surface area contributed by atoms with Crippen molar-refractivity contribution >= 4 is 28.2 Å². The molecule has 2 N–H and O–H groups in total. The van der Waals surface area contributed by atoms with Gasteiger partial charge in [0.05, 0.1) is 28.9 Å². The van der Waals surface area contributed by atoms with Gasteiger partial charge in [0, 0.05) is 5.02 Å². The van der Waals surface area contributed by atoms with E-state index >= 15 is 0 Å². The van der Waals surface area contributed by atoms with Crippen molar-refractivity contribution in [2.75, 3.05) is 0 Å². The first-order valence-electron chi connectivity index (χ1n) is 7.47. The minimum atomic E-state index is -0.361. The van der Waals surface area contributed by atoms with Gasteiger partial charge in [-0.05, 0) is 31.4 Å². The normalized spacial score (nSPS) is 15.0. The van der Waals surface area contributed by atoms with Gasteiger partial charge >= 0.3 is 0 Å². The lowest BCUT2D eigenvalue weighted by Crippen LogP contribution is -2.33. The average molecular weight is 350 g/mol. The number of hydrogen-bond donors (Lipinski definition) is 1. The summed E-state index contributed by atoms with van der Waals surface area (Å²) in [7, 11) is 0. The van der Waals surface area contributed by atoms with Gasteiger partial charge in [-0.2, -0.15) is 0 Å². The zero-order valence-electron chi connectivity index (χ0n) is 12.7. The number of halogens is 2. The second-order valence-electron chi connectivity index (χ2n) is 5.65. The molecule has 0 bridgehead atoms. The molecule has 0 saturated carbocycles. The standard InChI is InChI=1S/C17H17Cl2N3O/c1-10(20)16-21-14-8-4-7-13(19)15(14)17(23)22(16)9-11-5-2-3-6-12(11)18/h2-3,5-7,10H,4,8-9,20H2,1H3/t10-/m0/s1. The Labute approximate surface area is 144 Å². The van der Waals surface area contributed by atoms with E-state index in [2.05, 4.69) is 4.98 Å². The Morgan fingerprint density at radius 2 is 2.09 bits per heavy atom. The molecule has 1 aromatic heterocycles. The van der Waals surface area contributed by atoms with Gasteiger partial charge in [-0.3, -0.25) is 9.36 Å². The van der Waals surface area contributed by atoms with Crippen molar-refractivity contribution in [1.82, 2.24) is 9.55 Å². The quantitative estimate of drug-likeness (QED) is 0.922. The van der Waals surface area contributed by atoms with Crippen LogP contribution in [0.4, 0.5) is 0 Å². The maximum atomic E-state index is 13.0. The molecule has 6 heteroatoms. The molecule has 1 aliphatic carbocycles. The number of rotatable bonds is 3. The maximum absolute atomic E-state index is 13.0. The number of nitrogens with zero attached hydrogens (tertiary/aromatic N) is 2. The van der Waals surface area contributed by atoms with Crippen molar-refractivity contribution in [3.05, 3.63) is 68.4 Å². The first-order chi connectivity index (χ1) is 11.0. The fourth-order valence-electron chi connectivity index (χ4n) is 2.77. The van der Waals surface area contributed by atoms with Gasteiger partial charge in [-0.25, -0.2) is 4.98 Å².